The van der Waals surface area contributed by atoms with Gasteiger partial charge in [-0.15, -0.1) is 0 Å². The Hall–Kier alpha value is -2.30. The monoisotopic (exact) mass is 287 g/mol. The van der Waals surface area contributed by atoms with E-state index >= 15 is 0 Å². The highest BCUT2D eigenvalue weighted by molar-refractivity contribution is 5.76. The fraction of sp³-hybridized carbons (Fsp3) is 0.417. The maximum Gasteiger partial charge on any atom is 0.421 e. The Morgan fingerprint density at radius 3 is 2.70 bits per heavy atom. The summed E-state index contributed by atoms with van der Waals surface area (Å²) in [4.78, 5) is 23.1. The molecule has 0 aliphatic carbocycles. The van der Waals surface area contributed by atoms with E-state index in [1.54, 1.807) is 6.92 Å². The van der Waals surface area contributed by atoms with Gasteiger partial charge < -0.3 is 9.88 Å². The summed E-state index contributed by atoms with van der Waals surface area (Å²) in [6.07, 6.45) is -3.32. The van der Waals surface area contributed by atoms with Crippen LogP contribution >= 0.6 is 0 Å². The van der Waals surface area contributed by atoms with E-state index in [0.717, 1.165) is 12.3 Å². The smallest absolute Gasteiger partial charge is 0.339 e. The molecule has 1 heterocycles. The summed E-state index contributed by atoms with van der Waals surface area (Å²) < 4.78 is 38.2. The first-order valence-corrected chi connectivity index (χ1v) is 5.75. The fourth-order valence-corrected chi connectivity index (χ4v) is 1.50. The molecular weight excluding hydrogens is 275 g/mol. The molecule has 0 aromatic carbocycles. The lowest BCUT2D eigenvalue weighted by Crippen LogP contribution is -2.38. The van der Waals surface area contributed by atoms with Crippen LogP contribution in [0.4, 0.5) is 13.2 Å². The molecule has 108 valence electrons. The average molecular weight is 287 g/mol. The topological polar surface area (TPSA) is 74.9 Å². The van der Waals surface area contributed by atoms with Crippen LogP contribution in [-0.4, -0.2) is 16.5 Å². The predicted octanol–water partition coefficient (Wildman–Crippen LogP) is 1.29. The Bertz CT molecular complexity index is 587. The van der Waals surface area contributed by atoms with Crippen molar-refractivity contribution in [2.75, 3.05) is 0 Å². The van der Waals surface area contributed by atoms with Crippen molar-refractivity contribution in [2.24, 2.45) is 0 Å². The van der Waals surface area contributed by atoms with Gasteiger partial charge >= 0.3 is 6.18 Å². The van der Waals surface area contributed by atoms with Crippen LogP contribution in [0, 0.1) is 11.3 Å². The van der Waals surface area contributed by atoms with Gasteiger partial charge in [0.05, 0.1) is 6.07 Å². The molecular formula is C12H12F3N3O2. The molecule has 0 unspecified atom stereocenters. The molecule has 1 N–H and O–H groups in total. The van der Waals surface area contributed by atoms with E-state index in [2.05, 4.69) is 5.32 Å². The second-order valence-electron chi connectivity index (χ2n) is 4.01. The quantitative estimate of drug-likeness (QED) is 0.906. The SMILES string of the molecule is CC[C@H](C#N)NC(=O)Cn1cccc(C(F)(F)F)c1=O. The van der Waals surface area contributed by atoms with Gasteiger partial charge in [-0.05, 0) is 18.6 Å². The van der Waals surface area contributed by atoms with E-state index in [-0.39, 0.29) is 0 Å². The minimum Gasteiger partial charge on any atom is -0.339 e. The van der Waals surface area contributed by atoms with Crippen molar-refractivity contribution >= 4 is 5.91 Å². The van der Waals surface area contributed by atoms with Crippen LogP contribution in [0.5, 0.6) is 0 Å². The highest BCUT2D eigenvalue weighted by atomic mass is 19.4. The van der Waals surface area contributed by atoms with E-state index in [9.17, 15) is 22.8 Å². The number of pyridine rings is 1. The van der Waals surface area contributed by atoms with E-state index in [4.69, 9.17) is 5.26 Å². The third kappa shape index (κ3) is 3.85. The summed E-state index contributed by atoms with van der Waals surface area (Å²) in [6.45, 7) is 1.10. The molecule has 0 radical (unpaired) electrons. The third-order valence-corrected chi connectivity index (χ3v) is 2.54. The van der Waals surface area contributed by atoms with E-state index in [0.29, 0.717) is 17.1 Å². The largest absolute Gasteiger partial charge is 0.421 e. The summed E-state index contributed by atoms with van der Waals surface area (Å²) in [7, 11) is 0. The van der Waals surface area contributed by atoms with Gasteiger partial charge in [0.1, 0.15) is 18.2 Å². The minimum absolute atomic E-state index is 0.361. The van der Waals surface area contributed by atoms with E-state index in [1.807, 2.05) is 6.07 Å². The molecule has 0 aliphatic rings. The summed E-state index contributed by atoms with van der Waals surface area (Å²) in [5.74, 6) is -0.695. The Kier molecular flexibility index (Phi) is 4.91. The Labute approximate surface area is 112 Å². The molecule has 0 saturated heterocycles. The number of nitriles is 1. The molecule has 1 rings (SSSR count). The lowest BCUT2D eigenvalue weighted by atomic mass is 10.2. The van der Waals surface area contributed by atoms with Crippen molar-refractivity contribution in [3.8, 4) is 6.07 Å². The summed E-state index contributed by atoms with van der Waals surface area (Å²) in [5, 5.41) is 11.0. The van der Waals surface area contributed by atoms with Gasteiger partial charge in [-0.25, -0.2) is 0 Å². The van der Waals surface area contributed by atoms with Crippen molar-refractivity contribution < 1.29 is 18.0 Å². The van der Waals surface area contributed by atoms with Crippen LogP contribution in [0.15, 0.2) is 23.1 Å². The van der Waals surface area contributed by atoms with Gasteiger partial charge in [0.2, 0.25) is 5.91 Å². The number of nitrogens with one attached hydrogen (secondary N) is 1. The summed E-state index contributed by atoms with van der Waals surface area (Å²) in [5.41, 5.74) is -2.62. The number of hydrogen-bond donors (Lipinski definition) is 1. The molecule has 20 heavy (non-hydrogen) atoms. The highest BCUT2D eigenvalue weighted by Gasteiger charge is 2.34. The van der Waals surface area contributed by atoms with E-state index < -0.39 is 35.8 Å². The first kappa shape index (κ1) is 15.8. The van der Waals surface area contributed by atoms with Crippen molar-refractivity contribution in [2.45, 2.75) is 32.1 Å². The van der Waals surface area contributed by atoms with Gasteiger partial charge in [-0.3, -0.25) is 9.59 Å². The van der Waals surface area contributed by atoms with Crippen LogP contribution in [-0.2, 0) is 17.5 Å². The third-order valence-electron chi connectivity index (χ3n) is 2.54. The second kappa shape index (κ2) is 6.23. The normalized spacial score (nSPS) is 12.6. The summed E-state index contributed by atoms with van der Waals surface area (Å²) in [6, 6.07) is 2.78. The Balaban J connectivity index is 2.93. The molecule has 8 heteroatoms. The van der Waals surface area contributed by atoms with Crippen LogP contribution in [0.25, 0.3) is 0 Å². The molecule has 0 bridgehead atoms. The fourth-order valence-electron chi connectivity index (χ4n) is 1.50. The highest BCUT2D eigenvalue weighted by Crippen LogP contribution is 2.25. The average Bonchev–Trinajstić information content (AvgIpc) is 2.37. The number of alkyl halides is 3. The van der Waals surface area contributed by atoms with Crippen molar-refractivity contribution in [1.29, 1.82) is 5.26 Å². The molecule has 1 atom stereocenters. The zero-order valence-electron chi connectivity index (χ0n) is 10.6. The maximum atomic E-state index is 12.5. The molecule has 0 saturated carbocycles. The van der Waals surface area contributed by atoms with Crippen LogP contribution in [0.2, 0.25) is 0 Å². The zero-order valence-corrected chi connectivity index (χ0v) is 10.6. The van der Waals surface area contributed by atoms with Gasteiger partial charge in [0.25, 0.3) is 5.56 Å². The van der Waals surface area contributed by atoms with E-state index in [1.165, 1.54) is 0 Å². The molecule has 0 fully saturated rings. The van der Waals surface area contributed by atoms with Crippen molar-refractivity contribution in [3.05, 3.63) is 34.2 Å². The Morgan fingerprint density at radius 2 is 2.20 bits per heavy atom. The molecule has 0 aliphatic heterocycles. The molecule has 0 spiro atoms. The lowest BCUT2D eigenvalue weighted by Gasteiger charge is -2.12. The maximum absolute atomic E-state index is 12.5. The van der Waals surface area contributed by atoms with Crippen LogP contribution in [0.1, 0.15) is 18.9 Å². The van der Waals surface area contributed by atoms with Crippen LogP contribution < -0.4 is 10.9 Å². The number of rotatable bonds is 4. The number of aromatic nitrogens is 1. The summed E-state index contributed by atoms with van der Waals surface area (Å²) >= 11 is 0. The van der Waals surface area contributed by atoms with Crippen LogP contribution in [0.3, 0.4) is 0 Å². The zero-order chi connectivity index (χ0) is 15.3. The first-order chi connectivity index (χ1) is 9.29. The second-order valence-corrected chi connectivity index (χ2v) is 4.01. The van der Waals surface area contributed by atoms with Gasteiger partial charge in [-0.2, -0.15) is 18.4 Å². The number of nitrogens with zero attached hydrogens (tertiary/aromatic N) is 2. The number of carbonyl (C=O) groups is 1. The molecule has 1 aromatic rings. The van der Waals surface area contributed by atoms with Gasteiger partial charge in [0.15, 0.2) is 0 Å². The minimum atomic E-state index is -4.77. The number of amides is 1. The predicted molar refractivity (Wildman–Crippen MR) is 63.5 cm³/mol. The van der Waals surface area contributed by atoms with Gasteiger partial charge in [-0.1, -0.05) is 6.92 Å². The lowest BCUT2D eigenvalue weighted by molar-refractivity contribution is -0.139. The standard InChI is InChI=1S/C12H12F3N3O2/c1-2-8(6-16)17-10(19)7-18-5-3-4-9(11(18)20)12(13,14)15/h3-5,8H,2,7H2,1H3,(H,17,19)/t8-/m1/s1. The molecule has 1 aromatic heterocycles. The van der Waals surface area contributed by atoms with Gasteiger partial charge in [0, 0.05) is 6.20 Å². The molecule has 5 nitrogen and oxygen atoms in total. The number of hydrogen-bond acceptors (Lipinski definition) is 3. The first-order valence-electron chi connectivity index (χ1n) is 5.75. The van der Waals surface area contributed by atoms with Crippen molar-refractivity contribution in [1.82, 2.24) is 9.88 Å². The number of carbonyl (C=O) groups excluding carboxylic acids is 1. The van der Waals surface area contributed by atoms with Crippen molar-refractivity contribution in [3.63, 3.8) is 0 Å². The Morgan fingerprint density at radius 1 is 1.55 bits per heavy atom. The number of halogens is 3. The molecule has 1 amide bonds.